The summed E-state index contributed by atoms with van der Waals surface area (Å²) in [6.45, 7) is 3.47. The van der Waals surface area contributed by atoms with Crippen molar-refractivity contribution in [2.24, 2.45) is 17.6 Å². The largest absolute Gasteiger partial charge is 0.350 e. The fourth-order valence-electron chi connectivity index (χ4n) is 2.58. The van der Waals surface area contributed by atoms with E-state index in [1.165, 1.54) is 37.0 Å². The smallest absolute Gasteiger partial charge is 0.270 e. The molecule has 3 N–H and O–H groups in total. The highest BCUT2D eigenvalue weighted by Crippen LogP contribution is 2.27. The average molecular weight is 304 g/mol. The summed E-state index contributed by atoms with van der Waals surface area (Å²) >= 11 is 1.44. The van der Waals surface area contributed by atoms with Gasteiger partial charge in [-0.3, -0.25) is 4.79 Å². The van der Waals surface area contributed by atoms with Gasteiger partial charge < -0.3 is 11.1 Å². The molecule has 0 aromatic carbocycles. The molecule has 0 bridgehead atoms. The summed E-state index contributed by atoms with van der Waals surface area (Å²) in [5.41, 5.74) is 5.99. The maximum absolute atomic E-state index is 11.9. The Labute approximate surface area is 124 Å². The van der Waals surface area contributed by atoms with Crippen LogP contribution in [0.1, 0.15) is 48.1 Å². The van der Waals surface area contributed by atoms with Crippen LogP contribution in [0.5, 0.6) is 0 Å². The number of nitrogens with zero attached hydrogens (tertiary/aromatic N) is 1. The third-order valence-electron chi connectivity index (χ3n) is 3.56. The van der Waals surface area contributed by atoms with Crippen LogP contribution in [0.2, 0.25) is 0 Å². The van der Waals surface area contributed by atoms with E-state index in [1.807, 2.05) is 0 Å². The van der Waals surface area contributed by atoms with E-state index in [0.717, 1.165) is 17.5 Å². The van der Waals surface area contributed by atoms with Gasteiger partial charge in [0.1, 0.15) is 10.7 Å². The van der Waals surface area contributed by atoms with Crippen molar-refractivity contribution in [2.75, 3.05) is 6.54 Å². The monoisotopic (exact) mass is 303 g/mol. The fourth-order valence-corrected chi connectivity index (χ4v) is 3.24. The Morgan fingerprint density at radius 2 is 2.37 bits per heavy atom. The Balaban J connectivity index is 0.00000180. The average Bonchev–Trinajstić information content (AvgIpc) is 2.85. The third-order valence-corrected chi connectivity index (χ3v) is 4.43. The molecule has 1 saturated carbocycles. The first kappa shape index (κ1) is 16.4. The number of carbonyl (C=O) groups is 1. The molecular weight excluding hydrogens is 282 g/mol. The van der Waals surface area contributed by atoms with Gasteiger partial charge in [-0.05, 0) is 24.7 Å². The molecule has 0 spiro atoms. The van der Waals surface area contributed by atoms with Crippen molar-refractivity contribution < 1.29 is 4.79 Å². The van der Waals surface area contributed by atoms with Crippen molar-refractivity contribution in [1.29, 1.82) is 0 Å². The van der Waals surface area contributed by atoms with Crippen molar-refractivity contribution in [3.63, 3.8) is 0 Å². The first-order valence-electron chi connectivity index (χ1n) is 6.61. The van der Waals surface area contributed by atoms with Crippen molar-refractivity contribution in [1.82, 2.24) is 10.3 Å². The number of halogens is 1. The van der Waals surface area contributed by atoms with Crippen LogP contribution in [0.15, 0.2) is 5.38 Å². The zero-order valence-electron chi connectivity index (χ0n) is 11.2. The van der Waals surface area contributed by atoms with Gasteiger partial charge in [-0.2, -0.15) is 0 Å². The van der Waals surface area contributed by atoms with Crippen LogP contribution in [0.4, 0.5) is 0 Å². The molecule has 2 unspecified atom stereocenters. The minimum absolute atomic E-state index is 0. The number of carbonyl (C=O) groups excluding carboxylic acids is 1. The highest BCUT2D eigenvalue weighted by Gasteiger charge is 2.20. The molecular formula is C13H22ClN3OS. The number of hydrogen-bond acceptors (Lipinski definition) is 4. The molecule has 1 aliphatic carbocycles. The molecule has 0 radical (unpaired) electrons. The van der Waals surface area contributed by atoms with Crippen molar-refractivity contribution in [3.05, 3.63) is 16.1 Å². The van der Waals surface area contributed by atoms with Gasteiger partial charge >= 0.3 is 0 Å². The summed E-state index contributed by atoms with van der Waals surface area (Å²) in [6, 6.07) is 0. The van der Waals surface area contributed by atoms with E-state index in [0.29, 0.717) is 18.2 Å². The lowest BCUT2D eigenvalue weighted by molar-refractivity contribution is 0.0936. The molecule has 1 heterocycles. The zero-order chi connectivity index (χ0) is 13.0. The summed E-state index contributed by atoms with van der Waals surface area (Å²) in [6.07, 6.45) is 5.08. The quantitative estimate of drug-likeness (QED) is 0.898. The highest BCUT2D eigenvalue weighted by molar-refractivity contribution is 7.09. The van der Waals surface area contributed by atoms with E-state index in [9.17, 15) is 4.79 Å². The summed E-state index contributed by atoms with van der Waals surface area (Å²) in [5.74, 6) is 1.36. The van der Waals surface area contributed by atoms with Gasteiger partial charge in [0.15, 0.2) is 0 Å². The minimum Gasteiger partial charge on any atom is -0.350 e. The number of nitrogens with two attached hydrogens (primary N) is 1. The van der Waals surface area contributed by atoms with Gasteiger partial charge in [-0.1, -0.05) is 19.8 Å². The lowest BCUT2D eigenvalue weighted by Crippen LogP contribution is -2.31. The number of hydrogen-bond donors (Lipinski definition) is 2. The van der Waals surface area contributed by atoms with Gasteiger partial charge in [0.2, 0.25) is 0 Å². The molecule has 0 aliphatic heterocycles. The second kappa shape index (κ2) is 7.82. The Hall–Kier alpha value is -0.650. The number of aromatic nitrogens is 1. The van der Waals surface area contributed by atoms with E-state index >= 15 is 0 Å². The van der Waals surface area contributed by atoms with Crippen LogP contribution < -0.4 is 11.1 Å². The second-order valence-corrected chi connectivity index (χ2v) is 6.12. The first-order valence-corrected chi connectivity index (χ1v) is 7.49. The molecule has 1 aromatic rings. The van der Waals surface area contributed by atoms with Gasteiger partial charge in [-0.15, -0.1) is 23.7 Å². The number of amides is 1. The molecule has 1 aromatic heterocycles. The van der Waals surface area contributed by atoms with Gasteiger partial charge in [0.05, 0.1) is 0 Å². The van der Waals surface area contributed by atoms with Crippen LogP contribution in [0, 0.1) is 11.8 Å². The van der Waals surface area contributed by atoms with Gasteiger partial charge in [-0.25, -0.2) is 4.98 Å². The van der Waals surface area contributed by atoms with Crippen LogP contribution in [0.25, 0.3) is 0 Å². The molecule has 19 heavy (non-hydrogen) atoms. The Morgan fingerprint density at radius 3 is 3.00 bits per heavy atom. The van der Waals surface area contributed by atoms with Gasteiger partial charge in [0, 0.05) is 18.5 Å². The standard InChI is InChI=1S/C13H21N3OS.ClH/c1-9-3-2-4-10(5-9)7-15-13(17)11-8-18-12(6-14)16-11;/h8-10H,2-7,14H2,1H3,(H,15,17);1H. The van der Waals surface area contributed by atoms with E-state index < -0.39 is 0 Å². The van der Waals surface area contributed by atoms with E-state index in [1.54, 1.807) is 5.38 Å². The zero-order valence-corrected chi connectivity index (χ0v) is 12.9. The summed E-state index contributed by atoms with van der Waals surface area (Å²) < 4.78 is 0. The van der Waals surface area contributed by atoms with Crippen molar-refractivity contribution in [3.8, 4) is 0 Å². The maximum atomic E-state index is 11.9. The summed E-state index contributed by atoms with van der Waals surface area (Å²) in [4.78, 5) is 16.1. The fraction of sp³-hybridized carbons (Fsp3) is 0.692. The number of thiazole rings is 1. The maximum Gasteiger partial charge on any atom is 0.270 e. The van der Waals surface area contributed by atoms with Crippen LogP contribution in [0.3, 0.4) is 0 Å². The number of rotatable bonds is 4. The SMILES string of the molecule is CC1CCCC(CNC(=O)c2csc(CN)n2)C1.Cl. The highest BCUT2D eigenvalue weighted by atomic mass is 35.5. The normalized spacial score (nSPS) is 22.6. The topological polar surface area (TPSA) is 68.0 Å². The summed E-state index contributed by atoms with van der Waals surface area (Å²) in [5, 5.41) is 5.58. The van der Waals surface area contributed by atoms with Crippen molar-refractivity contribution in [2.45, 2.75) is 39.2 Å². The van der Waals surface area contributed by atoms with E-state index in [2.05, 4.69) is 17.2 Å². The molecule has 2 rings (SSSR count). The van der Waals surface area contributed by atoms with Crippen molar-refractivity contribution >= 4 is 29.7 Å². The third kappa shape index (κ3) is 4.75. The lowest BCUT2D eigenvalue weighted by atomic mass is 9.82. The first-order chi connectivity index (χ1) is 8.69. The molecule has 0 saturated heterocycles. The lowest BCUT2D eigenvalue weighted by Gasteiger charge is -2.26. The van der Waals surface area contributed by atoms with E-state index in [4.69, 9.17) is 5.73 Å². The predicted molar refractivity (Wildman–Crippen MR) is 80.7 cm³/mol. The molecule has 6 heteroatoms. The second-order valence-electron chi connectivity index (χ2n) is 5.18. The molecule has 1 aliphatic rings. The van der Waals surface area contributed by atoms with Crippen LogP contribution in [-0.4, -0.2) is 17.4 Å². The molecule has 2 atom stereocenters. The minimum atomic E-state index is -0.0656. The molecule has 108 valence electrons. The Morgan fingerprint density at radius 1 is 1.58 bits per heavy atom. The summed E-state index contributed by atoms with van der Waals surface area (Å²) in [7, 11) is 0. The van der Waals surface area contributed by atoms with E-state index in [-0.39, 0.29) is 18.3 Å². The number of nitrogens with one attached hydrogen (secondary N) is 1. The Kier molecular flexibility index (Phi) is 6.75. The molecule has 1 amide bonds. The van der Waals surface area contributed by atoms with Crippen LogP contribution in [-0.2, 0) is 6.54 Å². The molecule has 4 nitrogen and oxygen atoms in total. The predicted octanol–water partition coefficient (Wildman–Crippen LogP) is 2.58. The molecule has 1 fully saturated rings. The van der Waals surface area contributed by atoms with Crippen LogP contribution >= 0.6 is 23.7 Å². The van der Waals surface area contributed by atoms with Gasteiger partial charge in [0.25, 0.3) is 5.91 Å². The Bertz CT molecular complexity index is 410.